The minimum Gasteiger partial charge on any atom is -0.493 e. The molecular formula is C22H19N3O3. The van der Waals surface area contributed by atoms with Crippen molar-refractivity contribution in [2.75, 3.05) is 14.2 Å². The fourth-order valence-electron chi connectivity index (χ4n) is 3.16. The van der Waals surface area contributed by atoms with E-state index in [9.17, 15) is 5.11 Å². The molecular weight excluding hydrogens is 354 g/mol. The second-order valence-corrected chi connectivity index (χ2v) is 6.22. The average Bonchev–Trinajstić information content (AvgIpc) is 2.78. The van der Waals surface area contributed by atoms with Crippen LogP contribution in [-0.4, -0.2) is 34.3 Å². The summed E-state index contributed by atoms with van der Waals surface area (Å²) >= 11 is 0. The Hall–Kier alpha value is -3.51. The van der Waals surface area contributed by atoms with Crippen LogP contribution in [0.5, 0.6) is 11.5 Å². The number of aliphatic hydroxyl groups excluding tert-OH is 1. The van der Waals surface area contributed by atoms with Crippen LogP contribution in [0.3, 0.4) is 0 Å². The fraction of sp³-hybridized carbons (Fsp3) is 0.136. The molecule has 0 aliphatic heterocycles. The quantitative estimate of drug-likeness (QED) is 0.573. The van der Waals surface area contributed by atoms with Crippen molar-refractivity contribution in [1.82, 2.24) is 15.0 Å². The third kappa shape index (κ3) is 3.25. The van der Waals surface area contributed by atoms with Gasteiger partial charge in [-0.3, -0.25) is 9.97 Å². The summed E-state index contributed by atoms with van der Waals surface area (Å²) < 4.78 is 10.7. The highest BCUT2D eigenvalue weighted by Gasteiger charge is 2.19. The first-order valence-corrected chi connectivity index (χ1v) is 8.77. The summed E-state index contributed by atoms with van der Waals surface area (Å²) in [4.78, 5) is 13.3. The molecule has 1 atom stereocenters. The molecule has 0 unspecified atom stereocenters. The zero-order valence-corrected chi connectivity index (χ0v) is 15.5. The van der Waals surface area contributed by atoms with Crippen molar-refractivity contribution in [2.45, 2.75) is 6.10 Å². The van der Waals surface area contributed by atoms with Crippen LogP contribution in [0.15, 0.2) is 67.1 Å². The van der Waals surface area contributed by atoms with Gasteiger partial charge < -0.3 is 14.6 Å². The van der Waals surface area contributed by atoms with E-state index in [1.807, 2.05) is 30.3 Å². The predicted octanol–water partition coefficient (Wildman–Crippen LogP) is 3.79. The molecule has 0 saturated heterocycles. The Balaban J connectivity index is 1.87. The van der Waals surface area contributed by atoms with Crippen molar-refractivity contribution in [3.8, 4) is 22.8 Å². The number of ether oxygens (including phenoxy) is 2. The van der Waals surface area contributed by atoms with Gasteiger partial charge in [0.25, 0.3) is 0 Å². The van der Waals surface area contributed by atoms with Crippen molar-refractivity contribution >= 4 is 10.9 Å². The van der Waals surface area contributed by atoms with E-state index in [0.717, 1.165) is 22.2 Å². The van der Waals surface area contributed by atoms with E-state index in [1.54, 1.807) is 51.0 Å². The highest BCUT2D eigenvalue weighted by atomic mass is 16.5. The number of hydrogen-bond donors (Lipinski definition) is 1. The van der Waals surface area contributed by atoms with Crippen LogP contribution < -0.4 is 9.47 Å². The van der Waals surface area contributed by atoms with Gasteiger partial charge in [-0.2, -0.15) is 0 Å². The molecule has 6 nitrogen and oxygen atoms in total. The number of rotatable bonds is 5. The van der Waals surface area contributed by atoms with Gasteiger partial charge in [-0.25, -0.2) is 4.98 Å². The molecule has 28 heavy (non-hydrogen) atoms. The minimum atomic E-state index is -0.951. The Labute approximate surface area is 162 Å². The molecule has 0 spiro atoms. The van der Waals surface area contributed by atoms with Gasteiger partial charge in [0.1, 0.15) is 6.10 Å². The molecule has 6 heteroatoms. The van der Waals surface area contributed by atoms with Crippen molar-refractivity contribution in [3.63, 3.8) is 0 Å². The number of aliphatic hydroxyl groups is 1. The zero-order valence-electron chi connectivity index (χ0n) is 15.5. The van der Waals surface area contributed by atoms with E-state index in [2.05, 4.69) is 9.97 Å². The molecule has 0 aliphatic rings. The maximum absolute atomic E-state index is 11.1. The topological polar surface area (TPSA) is 77.4 Å². The maximum Gasteiger partial charge on any atom is 0.161 e. The summed E-state index contributed by atoms with van der Waals surface area (Å²) in [6, 6.07) is 14.7. The number of nitrogens with zero attached hydrogens (tertiary/aromatic N) is 3. The molecule has 0 amide bonds. The number of fused-ring (bicyclic) bond motifs is 1. The van der Waals surface area contributed by atoms with Gasteiger partial charge in [-0.1, -0.05) is 6.07 Å². The van der Waals surface area contributed by atoms with Crippen LogP contribution in [-0.2, 0) is 0 Å². The number of methoxy groups -OCH3 is 2. The van der Waals surface area contributed by atoms with Crippen molar-refractivity contribution in [2.24, 2.45) is 0 Å². The van der Waals surface area contributed by atoms with E-state index in [-0.39, 0.29) is 0 Å². The van der Waals surface area contributed by atoms with Gasteiger partial charge in [0, 0.05) is 29.5 Å². The molecule has 0 aliphatic carbocycles. The summed E-state index contributed by atoms with van der Waals surface area (Å²) in [5, 5.41) is 11.9. The fourth-order valence-corrected chi connectivity index (χ4v) is 3.16. The van der Waals surface area contributed by atoms with E-state index in [0.29, 0.717) is 22.8 Å². The molecule has 3 heterocycles. The Morgan fingerprint density at radius 3 is 2.43 bits per heavy atom. The molecule has 0 fully saturated rings. The first kappa shape index (κ1) is 17.9. The van der Waals surface area contributed by atoms with Gasteiger partial charge in [0.15, 0.2) is 11.5 Å². The molecule has 1 aromatic carbocycles. The largest absolute Gasteiger partial charge is 0.493 e. The van der Waals surface area contributed by atoms with Gasteiger partial charge in [0.05, 0.1) is 31.1 Å². The lowest BCUT2D eigenvalue weighted by Gasteiger charge is -2.16. The predicted molar refractivity (Wildman–Crippen MR) is 106 cm³/mol. The first-order valence-electron chi connectivity index (χ1n) is 8.77. The molecule has 0 radical (unpaired) electrons. The van der Waals surface area contributed by atoms with Crippen molar-refractivity contribution < 1.29 is 14.6 Å². The summed E-state index contributed by atoms with van der Waals surface area (Å²) in [6.45, 7) is 0. The van der Waals surface area contributed by atoms with Crippen LogP contribution in [0.4, 0.5) is 0 Å². The van der Waals surface area contributed by atoms with Crippen LogP contribution >= 0.6 is 0 Å². The molecule has 4 rings (SSSR count). The van der Waals surface area contributed by atoms with Crippen molar-refractivity contribution in [3.05, 3.63) is 78.4 Å². The summed E-state index contributed by atoms with van der Waals surface area (Å²) in [7, 11) is 3.14. The van der Waals surface area contributed by atoms with Gasteiger partial charge in [0.2, 0.25) is 0 Å². The van der Waals surface area contributed by atoms with Crippen LogP contribution in [0, 0.1) is 0 Å². The average molecular weight is 373 g/mol. The van der Waals surface area contributed by atoms with E-state index in [1.165, 1.54) is 0 Å². The van der Waals surface area contributed by atoms with Gasteiger partial charge >= 0.3 is 0 Å². The second-order valence-electron chi connectivity index (χ2n) is 6.22. The summed E-state index contributed by atoms with van der Waals surface area (Å²) in [5.41, 5.74) is 3.58. The molecule has 0 bridgehead atoms. The minimum absolute atomic E-state index is 0.532. The summed E-state index contributed by atoms with van der Waals surface area (Å²) in [6.07, 6.45) is 4.20. The number of hydrogen-bond acceptors (Lipinski definition) is 6. The van der Waals surface area contributed by atoms with E-state index >= 15 is 0 Å². The lowest BCUT2D eigenvalue weighted by molar-refractivity contribution is 0.216. The van der Waals surface area contributed by atoms with Gasteiger partial charge in [-0.15, -0.1) is 0 Å². The Morgan fingerprint density at radius 1 is 0.893 bits per heavy atom. The van der Waals surface area contributed by atoms with Crippen molar-refractivity contribution in [1.29, 1.82) is 0 Å². The normalized spacial score (nSPS) is 12.0. The Morgan fingerprint density at radius 2 is 1.68 bits per heavy atom. The first-order chi connectivity index (χ1) is 13.7. The Bertz CT molecular complexity index is 1120. The monoisotopic (exact) mass is 373 g/mol. The highest BCUT2D eigenvalue weighted by molar-refractivity contribution is 5.85. The molecule has 4 aromatic rings. The van der Waals surface area contributed by atoms with E-state index < -0.39 is 6.10 Å². The van der Waals surface area contributed by atoms with Crippen LogP contribution in [0.1, 0.15) is 17.4 Å². The zero-order chi connectivity index (χ0) is 19.5. The SMILES string of the molecule is COc1ccc([C@@H](O)c2nc(-c3ccncc3)cc3ncccc23)cc1OC. The van der Waals surface area contributed by atoms with E-state index in [4.69, 9.17) is 14.5 Å². The Kier molecular flexibility index (Phi) is 4.87. The second kappa shape index (κ2) is 7.62. The molecule has 0 saturated carbocycles. The molecule has 1 N–H and O–H groups in total. The molecule has 3 aromatic heterocycles. The lowest BCUT2D eigenvalue weighted by atomic mass is 10.0. The van der Waals surface area contributed by atoms with Gasteiger partial charge in [-0.05, 0) is 48.0 Å². The number of aromatic nitrogens is 3. The smallest absolute Gasteiger partial charge is 0.161 e. The number of pyridine rings is 3. The third-order valence-electron chi connectivity index (χ3n) is 4.59. The van der Waals surface area contributed by atoms with Crippen LogP contribution in [0.2, 0.25) is 0 Å². The maximum atomic E-state index is 11.1. The lowest BCUT2D eigenvalue weighted by Crippen LogP contribution is -2.06. The number of benzene rings is 1. The summed E-state index contributed by atoms with van der Waals surface area (Å²) in [5.74, 6) is 1.15. The molecule has 140 valence electrons. The third-order valence-corrected chi connectivity index (χ3v) is 4.59. The highest BCUT2D eigenvalue weighted by Crippen LogP contribution is 2.34. The standard InChI is InChI=1S/C22H19N3O3/c1-27-19-6-5-15(12-20(19)28-2)22(26)21-16-4-3-9-24-18(16)13-17(25-21)14-7-10-23-11-8-14/h3-13,22,26H,1-2H3/t22-/m1/s1. The van der Waals surface area contributed by atoms with Crippen LogP contribution in [0.25, 0.3) is 22.2 Å².